The Kier molecular flexibility index (Phi) is 5.42. The van der Waals surface area contributed by atoms with E-state index in [0.29, 0.717) is 0 Å². The third kappa shape index (κ3) is 3.82. The van der Waals surface area contributed by atoms with Gasteiger partial charge in [-0.15, -0.1) is 0 Å². The number of aromatic nitrogens is 1. The number of aryl methyl sites for hydroxylation is 3. The van der Waals surface area contributed by atoms with E-state index in [9.17, 15) is 0 Å². The molecule has 2 heterocycles. The number of hydrogen-bond acceptors (Lipinski definition) is 1. The highest BCUT2D eigenvalue weighted by atomic mass is 14.8. The molecule has 4 aromatic rings. The number of nitrogens with one attached hydrogen (secondary N) is 1. The molecule has 0 spiro atoms. The Bertz CT molecular complexity index is 1610. The van der Waals surface area contributed by atoms with Gasteiger partial charge in [-0.2, -0.15) is 0 Å². The van der Waals surface area contributed by atoms with Crippen molar-refractivity contribution in [2.45, 2.75) is 66.7 Å². The molecule has 1 aliphatic carbocycles. The van der Waals surface area contributed by atoms with Gasteiger partial charge in [0.2, 0.25) is 0 Å². The van der Waals surface area contributed by atoms with E-state index in [1.807, 2.05) is 0 Å². The number of nitrogens with zero attached hydrogens (tertiary/aromatic N) is 1. The average molecular weight is 485 g/mol. The molecule has 2 nitrogen and oxygen atoms in total. The molecular weight excluding hydrogens is 448 g/mol. The molecule has 0 fully saturated rings. The number of aromatic amines is 1. The van der Waals surface area contributed by atoms with Gasteiger partial charge in [-0.05, 0) is 78.1 Å². The minimum absolute atomic E-state index is 0.120. The van der Waals surface area contributed by atoms with Gasteiger partial charge in [-0.25, -0.2) is 4.99 Å². The highest BCUT2D eigenvalue weighted by Crippen LogP contribution is 2.42. The molecule has 1 aromatic heterocycles. The zero-order valence-electron chi connectivity index (χ0n) is 23.1. The number of aliphatic imine (C=N–C) groups is 1. The van der Waals surface area contributed by atoms with Crippen molar-refractivity contribution < 1.29 is 0 Å². The highest BCUT2D eigenvalue weighted by molar-refractivity contribution is 6.22. The number of fused-ring (bicyclic) bond motifs is 4. The summed E-state index contributed by atoms with van der Waals surface area (Å²) in [6, 6.07) is 20.2. The van der Waals surface area contributed by atoms with E-state index in [0.717, 1.165) is 24.3 Å². The molecular formula is C35H36N2. The van der Waals surface area contributed by atoms with Crippen molar-refractivity contribution in [3.05, 3.63) is 116 Å². The molecule has 0 atom stereocenters. The first kappa shape index (κ1) is 23.7. The number of H-pyrrole nitrogens is 1. The third-order valence-corrected chi connectivity index (χ3v) is 8.11. The maximum Gasteiger partial charge on any atom is 0.0793 e. The van der Waals surface area contributed by atoms with Crippen LogP contribution in [-0.4, -0.2) is 10.7 Å². The van der Waals surface area contributed by atoms with Crippen LogP contribution in [0.25, 0.3) is 23.0 Å². The number of hydrogen-bond donors (Lipinski definition) is 1. The fourth-order valence-corrected chi connectivity index (χ4v) is 6.18. The van der Waals surface area contributed by atoms with Crippen LogP contribution in [0.2, 0.25) is 0 Å². The molecule has 186 valence electrons. The lowest BCUT2D eigenvalue weighted by atomic mass is 9.82. The molecule has 1 aliphatic heterocycles. The van der Waals surface area contributed by atoms with E-state index in [2.05, 4.69) is 114 Å². The Balaban J connectivity index is 1.52. The van der Waals surface area contributed by atoms with E-state index in [4.69, 9.17) is 4.99 Å². The molecule has 0 amide bonds. The normalized spacial score (nSPS) is 15.1. The predicted molar refractivity (Wildman–Crippen MR) is 158 cm³/mol. The summed E-state index contributed by atoms with van der Waals surface area (Å²) in [6.07, 6.45) is 4.30. The maximum atomic E-state index is 5.34. The van der Waals surface area contributed by atoms with Gasteiger partial charge < -0.3 is 4.98 Å². The van der Waals surface area contributed by atoms with Gasteiger partial charge >= 0.3 is 0 Å². The van der Waals surface area contributed by atoms with Gasteiger partial charge in [0.25, 0.3) is 0 Å². The Labute approximate surface area is 221 Å². The van der Waals surface area contributed by atoms with Crippen molar-refractivity contribution in [3.8, 4) is 11.3 Å². The van der Waals surface area contributed by atoms with Crippen molar-refractivity contribution in [1.29, 1.82) is 0 Å². The Morgan fingerprint density at radius 2 is 1.62 bits per heavy atom. The smallest absolute Gasteiger partial charge is 0.0793 e. The predicted octanol–water partition coefficient (Wildman–Crippen LogP) is 8.72. The minimum atomic E-state index is 0.120. The van der Waals surface area contributed by atoms with Crippen LogP contribution in [0.5, 0.6) is 0 Å². The van der Waals surface area contributed by atoms with Crippen LogP contribution in [0.15, 0.2) is 59.6 Å². The van der Waals surface area contributed by atoms with Crippen molar-refractivity contribution in [1.82, 2.24) is 4.98 Å². The quantitative estimate of drug-likeness (QED) is 0.265. The fourth-order valence-electron chi connectivity index (χ4n) is 6.18. The van der Waals surface area contributed by atoms with Crippen molar-refractivity contribution in [2.75, 3.05) is 0 Å². The van der Waals surface area contributed by atoms with E-state index in [-0.39, 0.29) is 5.41 Å². The number of rotatable bonds is 3. The van der Waals surface area contributed by atoms with Crippen LogP contribution in [0, 0.1) is 20.8 Å². The molecule has 1 N–H and O–H groups in total. The lowest BCUT2D eigenvalue weighted by molar-refractivity contribution is 0.589. The molecule has 37 heavy (non-hydrogen) atoms. The summed E-state index contributed by atoms with van der Waals surface area (Å²) in [4.78, 5) is 9.13. The van der Waals surface area contributed by atoms with Crippen molar-refractivity contribution in [2.24, 2.45) is 4.99 Å². The van der Waals surface area contributed by atoms with E-state index < -0.39 is 0 Å². The lowest BCUT2D eigenvalue weighted by Crippen LogP contribution is -2.14. The van der Waals surface area contributed by atoms with Crippen molar-refractivity contribution in [3.63, 3.8) is 0 Å². The standard InChI is InChI=1S/C35H36N2/c1-8-25-29-18-23-11-9-10-12-26(23)33(29)36-30(25)19-31-28-15-20(2)13-14-27(28)34(37-31)32-21(3)16-24(17-22(32)4)35(5,6)7/h9-17,19,36H,8,18H2,1-7H3. The third-order valence-electron chi connectivity index (χ3n) is 8.11. The first-order valence-electron chi connectivity index (χ1n) is 13.5. The highest BCUT2D eigenvalue weighted by Gasteiger charge is 2.28. The molecule has 0 bridgehead atoms. The molecule has 0 saturated carbocycles. The summed E-state index contributed by atoms with van der Waals surface area (Å²) in [5.41, 5.74) is 19.3. The Hall–Kier alpha value is -3.65. The van der Waals surface area contributed by atoms with E-state index >= 15 is 0 Å². The minimum Gasteiger partial charge on any atom is -0.354 e. The molecule has 2 aliphatic rings. The zero-order chi connectivity index (χ0) is 26.1. The van der Waals surface area contributed by atoms with Crippen LogP contribution in [0.3, 0.4) is 0 Å². The Morgan fingerprint density at radius 3 is 2.32 bits per heavy atom. The zero-order valence-corrected chi connectivity index (χ0v) is 23.1. The maximum absolute atomic E-state index is 5.34. The van der Waals surface area contributed by atoms with Gasteiger partial charge in [0.05, 0.1) is 11.4 Å². The molecule has 0 unspecified atom stereocenters. The summed E-state index contributed by atoms with van der Waals surface area (Å²) < 4.78 is 0. The molecule has 6 rings (SSSR count). The number of benzene rings is 3. The topological polar surface area (TPSA) is 28.1 Å². The second kappa shape index (κ2) is 8.45. The second-order valence-electron chi connectivity index (χ2n) is 11.8. The van der Waals surface area contributed by atoms with Crippen LogP contribution in [0.4, 0.5) is 0 Å². The van der Waals surface area contributed by atoms with Crippen LogP contribution >= 0.6 is 0 Å². The van der Waals surface area contributed by atoms with Crippen LogP contribution < -0.4 is 0 Å². The summed E-state index contributed by atoms with van der Waals surface area (Å²) in [6.45, 7) is 15.7. The van der Waals surface area contributed by atoms with E-state index in [1.165, 1.54) is 72.6 Å². The van der Waals surface area contributed by atoms with Crippen molar-refractivity contribution >= 4 is 17.5 Å². The molecule has 3 aromatic carbocycles. The second-order valence-corrected chi connectivity index (χ2v) is 11.8. The summed E-state index contributed by atoms with van der Waals surface area (Å²) in [7, 11) is 0. The SMILES string of the molecule is CCc1c(C=C2N=C(c3c(C)cc(C(C)(C)C)cc3C)c3ccc(C)cc32)[nH]c2c1Cc1ccccc1-2. The summed E-state index contributed by atoms with van der Waals surface area (Å²) >= 11 is 0. The summed E-state index contributed by atoms with van der Waals surface area (Å²) in [5, 5.41) is 0. The largest absolute Gasteiger partial charge is 0.354 e. The fraction of sp³-hybridized carbons (Fsp3) is 0.286. The monoisotopic (exact) mass is 484 g/mol. The van der Waals surface area contributed by atoms with Gasteiger partial charge in [0.1, 0.15) is 0 Å². The first-order chi connectivity index (χ1) is 17.7. The van der Waals surface area contributed by atoms with Crippen LogP contribution in [-0.2, 0) is 18.3 Å². The first-order valence-corrected chi connectivity index (χ1v) is 13.5. The van der Waals surface area contributed by atoms with Gasteiger partial charge in [0.15, 0.2) is 0 Å². The molecule has 0 radical (unpaired) electrons. The van der Waals surface area contributed by atoms with Gasteiger partial charge in [-0.3, -0.25) is 0 Å². The van der Waals surface area contributed by atoms with E-state index in [1.54, 1.807) is 0 Å². The molecule has 2 heteroatoms. The van der Waals surface area contributed by atoms with Gasteiger partial charge in [0, 0.05) is 40.1 Å². The molecule has 0 saturated heterocycles. The summed E-state index contributed by atoms with van der Waals surface area (Å²) in [5.74, 6) is 0. The average Bonchev–Trinajstić information content (AvgIpc) is 3.48. The van der Waals surface area contributed by atoms with Crippen LogP contribution in [0.1, 0.15) is 89.0 Å². The lowest BCUT2D eigenvalue weighted by Gasteiger charge is -2.22. The van der Waals surface area contributed by atoms with Gasteiger partial charge in [-0.1, -0.05) is 81.8 Å². The Morgan fingerprint density at radius 1 is 0.892 bits per heavy atom.